The number of methoxy groups -OCH3 is 1. The maximum Gasteiger partial charge on any atom is 0.167 e. The maximum atomic E-state index is 13.7. The highest BCUT2D eigenvalue weighted by atomic mass is 19.1. The molecule has 5 heteroatoms. The Morgan fingerprint density at radius 2 is 1.82 bits per heavy atom. The molecular weight excluding hydrogens is 228 g/mol. The van der Waals surface area contributed by atoms with Crippen LogP contribution < -0.4 is 9.64 Å². The number of piperidine rings is 1. The van der Waals surface area contributed by atoms with Crippen LogP contribution >= 0.6 is 0 Å². The van der Waals surface area contributed by atoms with E-state index < -0.39 is 11.6 Å². The molecule has 1 aliphatic heterocycles. The Bertz CT molecular complexity index is 438. The summed E-state index contributed by atoms with van der Waals surface area (Å²) >= 11 is 0. The molecule has 3 nitrogen and oxygen atoms in total. The van der Waals surface area contributed by atoms with Crippen LogP contribution in [0.4, 0.5) is 14.5 Å². The third-order valence-corrected chi connectivity index (χ3v) is 2.88. The van der Waals surface area contributed by atoms with Crippen LogP contribution in [0.15, 0.2) is 12.1 Å². The van der Waals surface area contributed by atoms with Gasteiger partial charge in [0.1, 0.15) is 11.6 Å². The predicted molar refractivity (Wildman–Crippen MR) is 59.4 cm³/mol. The van der Waals surface area contributed by atoms with Crippen molar-refractivity contribution in [1.29, 1.82) is 0 Å². The number of hydrogen-bond acceptors (Lipinski definition) is 3. The second kappa shape index (κ2) is 4.69. The molecule has 1 aliphatic rings. The second-order valence-corrected chi connectivity index (χ2v) is 3.96. The summed E-state index contributed by atoms with van der Waals surface area (Å²) in [6.07, 6.45) is 0.764. The number of carbonyl (C=O) groups excluding carboxylic acids is 1. The van der Waals surface area contributed by atoms with Gasteiger partial charge in [0.2, 0.25) is 0 Å². The Hall–Kier alpha value is -1.65. The van der Waals surface area contributed by atoms with Gasteiger partial charge in [-0.3, -0.25) is 4.79 Å². The number of carbonyl (C=O) groups is 1. The summed E-state index contributed by atoms with van der Waals surface area (Å²) in [5.74, 6) is -1.08. The van der Waals surface area contributed by atoms with Gasteiger partial charge in [-0.15, -0.1) is 0 Å². The highest BCUT2D eigenvalue weighted by molar-refractivity contribution is 5.81. The largest absolute Gasteiger partial charge is 0.494 e. The van der Waals surface area contributed by atoms with E-state index in [1.807, 2.05) is 0 Å². The second-order valence-electron chi connectivity index (χ2n) is 3.96. The van der Waals surface area contributed by atoms with Crippen molar-refractivity contribution in [3.05, 3.63) is 23.8 Å². The van der Waals surface area contributed by atoms with E-state index in [1.54, 1.807) is 4.90 Å². The molecule has 1 saturated heterocycles. The van der Waals surface area contributed by atoms with Crippen molar-refractivity contribution in [2.75, 3.05) is 25.1 Å². The molecule has 1 aromatic rings. The number of ketones is 1. The van der Waals surface area contributed by atoms with E-state index >= 15 is 0 Å². The lowest BCUT2D eigenvalue weighted by atomic mass is 10.1. The van der Waals surface area contributed by atoms with Crippen molar-refractivity contribution in [2.45, 2.75) is 12.8 Å². The fraction of sp³-hybridized carbons (Fsp3) is 0.417. The van der Waals surface area contributed by atoms with Gasteiger partial charge >= 0.3 is 0 Å². The number of anilines is 1. The van der Waals surface area contributed by atoms with Gasteiger partial charge in [0, 0.05) is 38.1 Å². The average molecular weight is 241 g/mol. The zero-order valence-electron chi connectivity index (χ0n) is 9.50. The highest BCUT2D eigenvalue weighted by Crippen LogP contribution is 2.28. The normalized spacial score (nSPS) is 16.2. The zero-order valence-corrected chi connectivity index (χ0v) is 9.50. The molecule has 0 radical (unpaired) electrons. The van der Waals surface area contributed by atoms with Crippen LogP contribution in [0.1, 0.15) is 12.8 Å². The van der Waals surface area contributed by atoms with Gasteiger partial charge in [0.25, 0.3) is 0 Å². The van der Waals surface area contributed by atoms with E-state index in [9.17, 15) is 13.6 Å². The maximum absolute atomic E-state index is 13.7. The molecular formula is C12H13F2NO2. The standard InChI is InChI=1S/C12H13F2NO2/c1-17-12-7-9(13)11(6-10(12)14)15-4-2-8(16)3-5-15/h6-7H,2-5H2,1H3. The summed E-state index contributed by atoms with van der Waals surface area (Å²) in [7, 11) is 1.29. The Balaban J connectivity index is 2.26. The van der Waals surface area contributed by atoms with Crippen molar-refractivity contribution in [2.24, 2.45) is 0 Å². The molecule has 0 saturated carbocycles. The van der Waals surface area contributed by atoms with Crippen LogP contribution in [0.25, 0.3) is 0 Å². The Labute approximate surface area is 98.0 Å². The molecule has 1 fully saturated rings. The third kappa shape index (κ3) is 2.38. The molecule has 0 atom stereocenters. The van der Waals surface area contributed by atoms with E-state index in [2.05, 4.69) is 0 Å². The Kier molecular flexibility index (Phi) is 3.26. The lowest BCUT2D eigenvalue weighted by Crippen LogP contribution is -2.34. The summed E-state index contributed by atoms with van der Waals surface area (Å²) in [6.45, 7) is 0.864. The minimum Gasteiger partial charge on any atom is -0.494 e. The quantitative estimate of drug-likeness (QED) is 0.794. The summed E-state index contributed by atoms with van der Waals surface area (Å²) in [4.78, 5) is 12.8. The molecule has 17 heavy (non-hydrogen) atoms. The van der Waals surface area contributed by atoms with Crippen LogP contribution in [0.3, 0.4) is 0 Å². The molecule has 0 spiro atoms. The van der Waals surface area contributed by atoms with E-state index in [-0.39, 0.29) is 17.2 Å². The van der Waals surface area contributed by atoms with Gasteiger partial charge in [-0.25, -0.2) is 8.78 Å². The van der Waals surface area contributed by atoms with Gasteiger partial charge in [-0.1, -0.05) is 0 Å². The fourth-order valence-corrected chi connectivity index (χ4v) is 1.91. The summed E-state index contributed by atoms with van der Waals surface area (Å²) < 4.78 is 31.9. The molecule has 0 bridgehead atoms. The molecule has 0 aliphatic carbocycles. The van der Waals surface area contributed by atoms with E-state index in [4.69, 9.17) is 4.74 Å². The molecule has 1 heterocycles. The monoisotopic (exact) mass is 241 g/mol. The number of nitrogens with zero attached hydrogens (tertiary/aromatic N) is 1. The molecule has 0 N–H and O–H groups in total. The van der Waals surface area contributed by atoms with Gasteiger partial charge in [0.05, 0.1) is 12.8 Å². The van der Waals surface area contributed by atoms with Crippen LogP contribution in [0.5, 0.6) is 5.75 Å². The van der Waals surface area contributed by atoms with Crippen molar-refractivity contribution in [3.63, 3.8) is 0 Å². The molecule has 0 unspecified atom stereocenters. The topological polar surface area (TPSA) is 29.5 Å². The van der Waals surface area contributed by atoms with Crippen LogP contribution in [-0.4, -0.2) is 26.0 Å². The third-order valence-electron chi connectivity index (χ3n) is 2.88. The Morgan fingerprint density at radius 1 is 1.18 bits per heavy atom. The number of Topliss-reactive ketones (excluding diaryl/α,β-unsaturated/α-hetero) is 1. The van der Waals surface area contributed by atoms with Crippen LogP contribution in [-0.2, 0) is 4.79 Å². The van der Waals surface area contributed by atoms with Gasteiger partial charge in [-0.05, 0) is 0 Å². The van der Waals surface area contributed by atoms with Crippen molar-refractivity contribution in [3.8, 4) is 5.75 Å². The molecule has 0 amide bonds. The van der Waals surface area contributed by atoms with Crippen molar-refractivity contribution in [1.82, 2.24) is 0 Å². The van der Waals surface area contributed by atoms with Gasteiger partial charge in [0.15, 0.2) is 11.6 Å². The van der Waals surface area contributed by atoms with Crippen molar-refractivity contribution >= 4 is 11.5 Å². The number of ether oxygens (including phenoxy) is 1. The summed E-state index contributed by atoms with van der Waals surface area (Å²) in [5.41, 5.74) is 0.191. The van der Waals surface area contributed by atoms with Crippen LogP contribution in [0.2, 0.25) is 0 Å². The first-order valence-corrected chi connectivity index (χ1v) is 5.41. The van der Waals surface area contributed by atoms with Crippen molar-refractivity contribution < 1.29 is 18.3 Å². The first-order chi connectivity index (χ1) is 8.11. The smallest absolute Gasteiger partial charge is 0.167 e. The molecule has 1 aromatic carbocycles. The van der Waals surface area contributed by atoms with Gasteiger partial charge in [-0.2, -0.15) is 0 Å². The first-order valence-electron chi connectivity index (χ1n) is 5.41. The SMILES string of the molecule is COc1cc(F)c(N2CCC(=O)CC2)cc1F. The summed E-state index contributed by atoms with van der Waals surface area (Å²) in [5, 5.41) is 0. The average Bonchev–Trinajstić information content (AvgIpc) is 2.33. The van der Waals surface area contributed by atoms with Gasteiger partial charge < -0.3 is 9.64 Å². The predicted octanol–water partition coefficient (Wildman–Crippen LogP) is 2.14. The lowest BCUT2D eigenvalue weighted by molar-refractivity contribution is -0.119. The lowest BCUT2D eigenvalue weighted by Gasteiger charge is -2.28. The number of benzene rings is 1. The van der Waals surface area contributed by atoms with Crippen LogP contribution in [0, 0.1) is 11.6 Å². The zero-order chi connectivity index (χ0) is 12.4. The van der Waals surface area contributed by atoms with E-state index in [0.717, 1.165) is 12.1 Å². The molecule has 92 valence electrons. The molecule has 0 aromatic heterocycles. The number of rotatable bonds is 2. The molecule has 2 rings (SSSR count). The number of hydrogen-bond donors (Lipinski definition) is 0. The number of halogens is 2. The van der Waals surface area contributed by atoms with E-state index in [1.165, 1.54) is 7.11 Å². The Morgan fingerprint density at radius 3 is 2.41 bits per heavy atom. The minimum atomic E-state index is -0.596. The minimum absolute atomic E-state index is 0.112. The fourth-order valence-electron chi connectivity index (χ4n) is 1.91. The highest BCUT2D eigenvalue weighted by Gasteiger charge is 2.21. The first kappa shape index (κ1) is 11.8. The van der Waals surface area contributed by atoms with E-state index in [0.29, 0.717) is 25.9 Å². The summed E-state index contributed by atoms with van der Waals surface area (Å²) in [6, 6.07) is 2.14.